The SMILES string of the molecule is CCCCCCCCCCCCCCCCCCOCC(O)C[N+](CC)(CC)CC.O=C[O-]. The van der Waals surface area contributed by atoms with E-state index in [1.807, 2.05) is 0 Å². The number of unbranched alkanes of at least 4 members (excludes halogenated alkanes) is 15. The van der Waals surface area contributed by atoms with Gasteiger partial charge in [0.05, 0.1) is 26.2 Å². The summed E-state index contributed by atoms with van der Waals surface area (Å²) in [5.41, 5.74) is 0. The lowest BCUT2D eigenvalue weighted by atomic mass is 10.0. The fraction of sp³-hybridized carbons (Fsp3) is 0.964. The third kappa shape index (κ3) is 24.3. The number of rotatable bonds is 24. The number of likely N-dealkylation sites (N-methyl/N-ethyl adjacent to an activating group) is 1. The van der Waals surface area contributed by atoms with Crippen LogP contribution in [0.25, 0.3) is 0 Å². The standard InChI is InChI=1S/C27H58NO2.CH2O2/c1-5-9-10-11-12-13-14-15-16-17-18-19-20-21-22-23-24-30-26-27(29)25-28(6-2,7-3)8-4;2-1-3/h27,29H,5-26H2,1-4H3;1H,(H,2,3)/q+1;/p-1. The van der Waals surface area contributed by atoms with Crippen LogP contribution >= 0.6 is 0 Å². The molecule has 0 amide bonds. The number of ether oxygens (including phenoxy) is 1. The van der Waals surface area contributed by atoms with Crippen LogP contribution in [0.4, 0.5) is 0 Å². The van der Waals surface area contributed by atoms with Gasteiger partial charge in [0, 0.05) is 13.1 Å². The van der Waals surface area contributed by atoms with Crippen LogP contribution in [0.2, 0.25) is 0 Å². The molecule has 200 valence electrons. The molecule has 0 rings (SSSR count). The van der Waals surface area contributed by atoms with Crippen LogP contribution < -0.4 is 5.11 Å². The molecule has 0 radical (unpaired) electrons. The average molecular weight is 474 g/mol. The third-order valence-corrected chi connectivity index (χ3v) is 7.06. The Kier molecular flexibility index (Phi) is 28.9. The first kappa shape index (κ1) is 34.5. The Bertz CT molecular complexity index is 367. The lowest BCUT2D eigenvalue weighted by Gasteiger charge is -2.37. The summed E-state index contributed by atoms with van der Waals surface area (Å²) in [5.74, 6) is 0. The summed E-state index contributed by atoms with van der Waals surface area (Å²) < 4.78 is 6.72. The summed E-state index contributed by atoms with van der Waals surface area (Å²) in [5, 5.41) is 18.5. The molecule has 1 atom stereocenters. The Labute approximate surface area is 206 Å². The van der Waals surface area contributed by atoms with Gasteiger partial charge in [0.15, 0.2) is 0 Å². The average Bonchev–Trinajstić information content (AvgIpc) is 2.82. The zero-order valence-electron chi connectivity index (χ0n) is 22.8. The maximum Gasteiger partial charge on any atom is 0.126 e. The van der Waals surface area contributed by atoms with E-state index < -0.39 is 6.47 Å². The summed E-state index contributed by atoms with van der Waals surface area (Å²) in [6.45, 7) is 13.8. The first-order valence-electron chi connectivity index (χ1n) is 14.2. The van der Waals surface area contributed by atoms with Gasteiger partial charge >= 0.3 is 0 Å². The van der Waals surface area contributed by atoms with E-state index in [1.54, 1.807) is 0 Å². The molecule has 0 aromatic carbocycles. The van der Waals surface area contributed by atoms with Crippen LogP contribution in [0.5, 0.6) is 0 Å². The van der Waals surface area contributed by atoms with Crippen molar-refractivity contribution in [3.8, 4) is 0 Å². The van der Waals surface area contributed by atoms with Crippen LogP contribution in [-0.4, -0.2) is 61.6 Å². The summed E-state index contributed by atoms with van der Waals surface area (Å²) in [4.78, 5) is 8.25. The number of carbonyl (C=O) groups excluding carboxylic acids is 1. The van der Waals surface area contributed by atoms with E-state index in [0.717, 1.165) is 43.7 Å². The fourth-order valence-corrected chi connectivity index (χ4v) is 4.53. The Hall–Kier alpha value is -0.650. The number of quaternary nitrogens is 1. The fourth-order valence-electron chi connectivity index (χ4n) is 4.53. The minimum atomic E-state index is -0.500. The van der Waals surface area contributed by atoms with Crippen molar-refractivity contribution in [2.24, 2.45) is 0 Å². The molecule has 0 fully saturated rings. The minimum Gasteiger partial charge on any atom is -0.554 e. The number of aliphatic hydroxyl groups is 1. The van der Waals surface area contributed by atoms with E-state index in [2.05, 4.69) is 27.7 Å². The molecule has 5 nitrogen and oxygen atoms in total. The second-order valence-electron chi connectivity index (χ2n) is 9.60. The van der Waals surface area contributed by atoms with E-state index in [0.29, 0.717) is 6.61 Å². The van der Waals surface area contributed by atoms with Gasteiger partial charge < -0.3 is 24.2 Å². The predicted molar refractivity (Wildman–Crippen MR) is 139 cm³/mol. The van der Waals surface area contributed by atoms with Gasteiger partial charge in [-0.25, -0.2) is 0 Å². The van der Waals surface area contributed by atoms with Crippen molar-refractivity contribution in [1.29, 1.82) is 0 Å². The van der Waals surface area contributed by atoms with Gasteiger partial charge in [0.25, 0.3) is 0 Å². The van der Waals surface area contributed by atoms with Crippen molar-refractivity contribution in [2.75, 3.05) is 39.4 Å². The molecule has 0 saturated heterocycles. The lowest BCUT2D eigenvalue weighted by Crippen LogP contribution is -2.52. The van der Waals surface area contributed by atoms with E-state index >= 15 is 0 Å². The monoisotopic (exact) mass is 473 g/mol. The highest BCUT2D eigenvalue weighted by Gasteiger charge is 2.24. The largest absolute Gasteiger partial charge is 0.554 e. The van der Waals surface area contributed by atoms with Crippen molar-refractivity contribution in [3.63, 3.8) is 0 Å². The van der Waals surface area contributed by atoms with Gasteiger partial charge in [-0.2, -0.15) is 0 Å². The maximum absolute atomic E-state index is 10.3. The van der Waals surface area contributed by atoms with Crippen molar-refractivity contribution >= 4 is 6.47 Å². The summed E-state index contributed by atoms with van der Waals surface area (Å²) in [7, 11) is 0. The second kappa shape index (κ2) is 27.6. The van der Waals surface area contributed by atoms with Gasteiger partial charge in [-0.1, -0.05) is 103 Å². The predicted octanol–water partition coefficient (Wildman–Crippen LogP) is 5.87. The Balaban J connectivity index is 0. The number of carbonyl (C=O) groups is 1. The normalized spacial score (nSPS) is 12.3. The topological polar surface area (TPSA) is 69.6 Å². The van der Waals surface area contributed by atoms with Crippen molar-refractivity contribution in [3.05, 3.63) is 0 Å². The Morgan fingerprint density at radius 3 is 1.36 bits per heavy atom. The molecule has 0 aromatic rings. The number of nitrogens with zero attached hydrogens (tertiary/aromatic N) is 1. The lowest BCUT2D eigenvalue weighted by molar-refractivity contribution is -0.926. The van der Waals surface area contributed by atoms with E-state index in [4.69, 9.17) is 14.6 Å². The summed E-state index contributed by atoms with van der Waals surface area (Å²) in [6, 6.07) is 0. The maximum atomic E-state index is 10.3. The van der Waals surface area contributed by atoms with E-state index in [-0.39, 0.29) is 6.10 Å². The van der Waals surface area contributed by atoms with Crippen LogP contribution in [0.15, 0.2) is 0 Å². The molecule has 5 heteroatoms. The van der Waals surface area contributed by atoms with Crippen molar-refractivity contribution in [2.45, 2.75) is 137 Å². The van der Waals surface area contributed by atoms with Crippen LogP contribution in [-0.2, 0) is 9.53 Å². The Morgan fingerprint density at radius 1 is 0.697 bits per heavy atom. The van der Waals surface area contributed by atoms with E-state index in [9.17, 15) is 5.11 Å². The molecular weight excluding hydrogens is 414 g/mol. The molecule has 0 aliphatic carbocycles. The molecule has 0 spiro atoms. The number of hydrogen-bond acceptors (Lipinski definition) is 4. The molecule has 0 aliphatic heterocycles. The first-order chi connectivity index (χ1) is 16.1. The molecule has 0 heterocycles. The quantitative estimate of drug-likeness (QED) is 0.108. The first-order valence-corrected chi connectivity index (χ1v) is 14.2. The van der Waals surface area contributed by atoms with Crippen molar-refractivity contribution in [1.82, 2.24) is 0 Å². The Morgan fingerprint density at radius 2 is 1.03 bits per heavy atom. The summed E-state index contributed by atoms with van der Waals surface area (Å²) >= 11 is 0. The molecule has 0 aromatic heterocycles. The molecule has 1 unspecified atom stereocenters. The molecule has 0 saturated carbocycles. The van der Waals surface area contributed by atoms with Gasteiger partial charge in [0.1, 0.15) is 12.6 Å². The molecular formula is C28H59NO4. The van der Waals surface area contributed by atoms with Crippen molar-refractivity contribution < 1.29 is 24.2 Å². The van der Waals surface area contributed by atoms with Crippen LogP contribution in [0, 0.1) is 0 Å². The van der Waals surface area contributed by atoms with Gasteiger partial charge in [-0.05, 0) is 27.2 Å². The zero-order valence-corrected chi connectivity index (χ0v) is 22.8. The highest BCUT2D eigenvalue weighted by Crippen LogP contribution is 2.14. The highest BCUT2D eigenvalue weighted by molar-refractivity contribution is 5.29. The molecule has 1 N–H and O–H groups in total. The molecule has 33 heavy (non-hydrogen) atoms. The number of hydrogen-bond donors (Lipinski definition) is 1. The van der Waals surface area contributed by atoms with Gasteiger partial charge in [0.2, 0.25) is 0 Å². The summed E-state index contributed by atoms with van der Waals surface area (Å²) in [6.07, 6.45) is 22.0. The molecule has 0 bridgehead atoms. The van der Waals surface area contributed by atoms with Crippen LogP contribution in [0.1, 0.15) is 130 Å². The highest BCUT2D eigenvalue weighted by atomic mass is 16.5. The minimum absolute atomic E-state index is 0.328. The third-order valence-electron chi connectivity index (χ3n) is 7.06. The number of carboxylic acid groups (broad SMARTS) is 1. The molecule has 0 aliphatic rings. The van der Waals surface area contributed by atoms with Crippen LogP contribution in [0.3, 0.4) is 0 Å². The van der Waals surface area contributed by atoms with E-state index in [1.165, 1.54) is 96.3 Å². The number of aliphatic hydroxyl groups excluding tert-OH is 1. The zero-order chi connectivity index (χ0) is 25.0. The second-order valence-corrected chi connectivity index (χ2v) is 9.60. The van der Waals surface area contributed by atoms with Gasteiger partial charge in [-0.3, -0.25) is 0 Å². The smallest absolute Gasteiger partial charge is 0.126 e. The van der Waals surface area contributed by atoms with Gasteiger partial charge in [-0.15, -0.1) is 0 Å².